The van der Waals surface area contributed by atoms with Gasteiger partial charge in [0.1, 0.15) is 18.2 Å². The third-order valence-electron chi connectivity index (χ3n) is 3.30. The Kier molecular flexibility index (Phi) is 8.27. The molecule has 146 valence electrons. The summed E-state index contributed by atoms with van der Waals surface area (Å²) >= 11 is 0. The lowest BCUT2D eigenvalue weighted by Gasteiger charge is -2.09. The number of benzene rings is 2. The van der Waals surface area contributed by atoms with Crippen molar-refractivity contribution in [2.24, 2.45) is 5.73 Å². The molecule has 0 heterocycles. The zero-order chi connectivity index (χ0) is 19.2. The summed E-state index contributed by atoms with van der Waals surface area (Å²) < 4.78 is 55.9. The third-order valence-corrected chi connectivity index (χ3v) is 3.30. The van der Waals surface area contributed by atoms with Crippen LogP contribution in [-0.2, 0) is 6.18 Å². The topological polar surface area (TPSA) is 64.3 Å². The van der Waals surface area contributed by atoms with Crippen molar-refractivity contribution in [2.75, 3.05) is 18.5 Å². The minimum atomic E-state index is -4.43. The molecule has 27 heavy (non-hydrogen) atoms. The summed E-state index contributed by atoms with van der Waals surface area (Å²) in [5.74, 6) is -0.640. The first-order chi connectivity index (χ1) is 12.3. The van der Waals surface area contributed by atoms with Crippen LogP contribution in [0.1, 0.15) is 15.9 Å². The van der Waals surface area contributed by atoms with Crippen LogP contribution in [0.5, 0.6) is 5.75 Å². The van der Waals surface area contributed by atoms with Crippen LogP contribution in [0.15, 0.2) is 60.4 Å². The Morgan fingerprint density at radius 3 is 2.19 bits per heavy atom. The third kappa shape index (κ3) is 6.92. The van der Waals surface area contributed by atoms with E-state index >= 15 is 0 Å². The van der Waals surface area contributed by atoms with Crippen molar-refractivity contribution < 1.29 is 27.1 Å². The second kappa shape index (κ2) is 9.94. The lowest BCUT2D eigenvalue weighted by molar-refractivity contribution is -0.137. The monoisotopic (exact) mass is 404 g/mol. The number of carbonyl (C=O) groups is 1. The van der Waals surface area contributed by atoms with Crippen LogP contribution in [0, 0.1) is 0 Å². The summed E-state index contributed by atoms with van der Waals surface area (Å²) in [5, 5.41) is 2.49. The minimum absolute atomic E-state index is 0. The highest BCUT2D eigenvalue weighted by atomic mass is 35.5. The van der Waals surface area contributed by atoms with Crippen LogP contribution in [0.4, 0.5) is 23.2 Å². The van der Waals surface area contributed by atoms with Crippen molar-refractivity contribution in [3.8, 4) is 5.75 Å². The molecule has 0 aliphatic rings. The quantitative estimate of drug-likeness (QED) is 0.693. The van der Waals surface area contributed by atoms with Gasteiger partial charge in [-0.25, -0.2) is 4.39 Å². The molecule has 0 aliphatic carbocycles. The lowest BCUT2D eigenvalue weighted by atomic mass is 10.1. The van der Waals surface area contributed by atoms with Gasteiger partial charge >= 0.3 is 6.18 Å². The molecule has 0 saturated carbocycles. The smallest absolute Gasteiger partial charge is 0.416 e. The number of hydrogen-bond acceptors (Lipinski definition) is 3. The van der Waals surface area contributed by atoms with E-state index in [9.17, 15) is 22.4 Å². The average molecular weight is 405 g/mol. The number of halogens is 5. The molecule has 0 unspecified atom stereocenters. The molecule has 0 atom stereocenters. The molecule has 2 aromatic carbocycles. The standard InChI is InChI=1S/C18H16F4N2O2.ClH/c19-14(9-10-23)11-26-16-7-1-12(2-8-16)17(25)24-15-5-3-13(4-6-15)18(20,21)22;/h1-9H,10-11,23H2,(H,24,25);1H. The molecule has 0 bridgehead atoms. The van der Waals surface area contributed by atoms with Crippen LogP contribution < -0.4 is 15.8 Å². The highest BCUT2D eigenvalue weighted by molar-refractivity contribution is 6.04. The maximum atomic E-state index is 13.2. The summed E-state index contributed by atoms with van der Waals surface area (Å²) in [4.78, 5) is 12.1. The Morgan fingerprint density at radius 1 is 1.07 bits per heavy atom. The highest BCUT2D eigenvalue weighted by Gasteiger charge is 2.29. The second-order valence-corrected chi connectivity index (χ2v) is 5.23. The van der Waals surface area contributed by atoms with Crippen molar-refractivity contribution in [1.29, 1.82) is 0 Å². The lowest BCUT2D eigenvalue weighted by Crippen LogP contribution is -2.12. The number of anilines is 1. The van der Waals surface area contributed by atoms with Crippen LogP contribution in [0.25, 0.3) is 0 Å². The number of ether oxygens (including phenoxy) is 1. The summed E-state index contributed by atoms with van der Waals surface area (Å²) in [6.45, 7) is -0.202. The van der Waals surface area contributed by atoms with Crippen molar-refractivity contribution >= 4 is 24.0 Å². The van der Waals surface area contributed by atoms with Crippen LogP contribution in [0.3, 0.4) is 0 Å². The van der Waals surface area contributed by atoms with Crippen molar-refractivity contribution in [3.63, 3.8) is 0 Å². The van der Waals surface area contributed by atoms with Gasteiger partial charge < -0.3 is 15.8 Å². The van der Waals surface area contributed by atoms with E-state index in [0.29, 0.717) is 5.75 Å². The van der Waals surface area contributed by atoms with Crippen LogP contribution in [-0.4, -0.2) is 19.1 Å². The molecule has 4 nitrogen and oxygen atoms in total. The average Bonchev–Trinajstić information content (AvgIpc) is 2.60. The zero-order valence-corrected chi connectivity index (χ0v) is 14.7. The van der Waals surface area contributed by atoms with Gasteiger partial charge in [-0.1, -0.05) is 0 Å². The molecule has 0 fully saturated rings. The van der Waals surface area contributed by atoms with Crippen molar-refractivity contribution in [3.05, 3.63) is 71.6 Å². The molecule has 9 heteroatoms. The fourth-order valence-corrected chi connectivity index (χ4v) is 1.99. The van der Waals surface area contributed by atoms with Gasteiger partial charge in [-0.15, -0.1) is 12.4 Å². The number of carbonyl (C=O) groups excluding carboxylic acids is 1. The number of rotatable bonds is 6. The fourth-order valence-electron chi connectivity index (χ4n) is 1.99. The first kappa shape index (κ1) is 22.5. The van der Waals surface area contributed by atoms with E-state index < -0.39 is 23.5 Å². The van der Waals surface area contributed by atoms with Gasteiger partial charge in [0.25, 0.3) is 5.91 Å². The molecule has 0 aliphatic heterocycles. The largest absolute Gasteiger partial charge is 0.487 e. The van der Waals surface area contributed by atoms with E-state index in [4.69, 9.17) is 10.5 Å². The van der Waals surface area contributed by atoms with Crippen LogP contribution in [0.2, 0.25) is 0 Å². The summed E-state index contributed by atoms with van der Waals surface area (Å²) in [5.41, 5.74) is 4.88. The maximum absolute atomic E-state index is 13.2. The van der Waals surface area contributed by atoms with Gasteiger partial charge in [0.15, 0.2) is 0 Å². The Labute approximate surface area is 159 Å². The van der Waals surface area contributed by atoms with E-state index in [2.05, 4.69) is 5.32 Å². The molecule has 1 amide bonds. The van der Waals surface area contributed by atoms with E-state index in [1.165, 1.54) is 42.5 Å². The molecule has 0 saturated heterocycles. The van der Waals surface area contributed by atoms with Crippen molar-refractivity contribution in [2.45, 2.75) is 6.18 Å². The molecule has 0 aromatic heterocycles. The predicted molar refractivity (Wildman–Crippen MR) is 96.8 cm³/mol. The molecule has 0 radical (unpaired) electrons. The number of nitrogens with two attached hydrogens (primary N) is 1. The molecule has 3 N–H and O–H groups in total. The highest BCUT2D eigenvalue weighted by Crippen LogP contribution is 2.29. The van der Waals surface area contributed by atoms with Gasteiger partial charge in [0.05, 0.1) is 5.56 Å². The van der Waals surface area contributed by atoms with Gasteiger partial charge in [-0.05, 0) is 54.6 Å². The SMILES string of the molecule is Cl.NCC=C(F)COc1ccc(C(=O)Nc2ccc(C(F)(F)F)cc2)cc1. The van der Waals surface area contributed by atoms with E-state index in [-0.39, 0.29) is 36.8 Å². The maximum Gasteiger partial charge on any atom is 0.416 e. The van der Waals surface area contributed by atoms with Gasteiger partial charge in [0, 0.05) is 17.8 Å². The summed E-state index contributed by atoms with van der Waals surface area (Å²) in [7, 11) is 0. The number of amides is 1. The number of hydrogen-bond donors (Lipinski definition) is 2. The van der Waals surface area contributed by atoms with E-state index in [0.717, 1.165) is 12.1 Å². The minimum Gasteiger partial charge on any atom is -0.487 e. The Morgan fingerprint density at radius 2 is 1.67 bits per heavy atom. The second-order valence-electron chi connectivity index (χ2n) is 5.23. The molecule has 2 rings (SSSR count). The molecular formula is C18H17ClF4N2O2. The van der Waals surface area contributed by atoms with Gasteiger partial charge in [-0.2, -0.15) is 13.2 Å². The Hall–Kier alpha value is -2.58. The fraction of sp³-hybridized carbons (Fsp3) is 0.167. The van der Waals surface area contributed by atoms with Gasteiger partial charge in [-0.3, -0.25) is 4.79 Å². The number of alkyl halides is 3. The van der Waals surface area contributed by atoms with E-state index in [1.807, 2.05) is 0 Å². The normalized spacial score (nSPS) is 11.5. The first-order valence-corrected chi connectivity index (χ1v) is 7.55. The van der Waals surface area contributed by atoms with Crippen LogP contribution >= 0.6 is 12.4 Å². The van der Waals surface area contributed by atoms with Crippen molar-refractivity contribution in [1.82, 2.24) is 0 Å². The Bertz CT molecular complexity index is 775. The summed E-state index contributed by atoms with van der Waals surface area (Å²) in [6.07, 6.45) is -3.25. The number of nitrogens with one attached hydrogen (secondary N) is 1. The molecule has 2 aromatic rings. The summed E-state index contributed by atoms with van der Waals surface area (Å²) in [6, 6.07) is 9.99. The first-order valence-electron chi connectivity index (χ1n) is 7.55. The van der Waals surface area contributed by atoms with Gasteiger partial charge in [0.2, 0.25) is 0 Å². The van der Waals surface area contributed by atoms with E-state index in [1.54, 1.807) is 0 Å². The molecular weight excluding hydrogens is 388 g/mol. The molecule has 0 spiro atoms. The predicted octanol–water partition coefficient (Wildman–Crippen LogP) is 4.57. The zero-order valence-electron chi connectivity index (χ0n) is 13.9. The Balaban J connectivity index is 0.00000364.